The number of anilines is 2. The van der Waals surface area contributed by atoms with Crippen LogP contribution in [-0.4, -0.2) is 14.3 Å². The van der Waals surface area contributed by atoms with E-state index >= 15 is 0 Å². The fraction of sp³-hybridized carbons (Fsp3) is 0.0952. The van der Waals surface area contributed by atoms with Crippen LogP contribution in [0.1, 0.15) is 21.5 Å². The first-order chi connectivity index (χ1) is 14.3. The lowest BCUT2D eigenvalue weighted by molar-refractivity contribution is 0.101. The van der Waals surface area contributed by atoms with Crippen molar-refractivity contribution in [2.45, 2.75) is 18.4 Å². The first kappa shape index (κ1) is 20.0. The van der Waals surface area contributed by atoms with Crippen LogP contribution in [0.4, 0.5) is 20.2 Å². The maximum absolute atomic E-state index is 13.9. The predicted molar refractivity (Wildman–Crippen MR) is 108 cm³/mol. The summed E-state index contributed by atoms with van der Waals surface area (Å²) in [7, 11) is -3.90. The topological polar surface area (TPSA) is 78.5 Å². The monoisotopic (exact) mass is 429 g/mol. The van der Waals surface area contributed by atoms with Crippen LogP contribution >= 0.6 is 0 Å². The summed E-state index contributed by atoms with van der Waals surface area (Å²) in [6.07, 6.45) is 0. The Morgan fingerprint density at radius 3 is 2.43 bits per heavy atom. The summed E-state index contributed by atoms with van der Waals surface area (Å²) in [4.78, 5) is 12.5. The Hall–Kier alpha value is -3.30. The van der Waals surface area contributed by atoms with E-state index in [1.165, 1.54) is 12.1 Å². The number of aryl methyl sites for hydroxylation is 1. The van der Waals surface area contributed by atoms with Crippen LogP contribution in [0.2, 0.25) is 0 Å². The number of amides is 1. The highest BCUT2D eigenvalue weighted by Crippen LogP contribution is 2.33. The second-order valence-corrected chi connectivity index (χ2v) is 8.60. The number of fused-ring (bicyclic) bond motifs is 1. The molecular weight excluding hydrogens is 412 g/mol. The van der Waals surface area contributed by atoms with Crippen molar-refractivity contribution in [1.29, 1.82) is 0 Å². The lowest BCUT2D eigenvalue weighted by Crippen LogP contribution is -2.38. The third-order valence-electron chi connectivity index (χ3n) is 4.69. The minimum atomic E-state index is -3.90. The molecule has 3 aromatic rings. The summed E-state index contributed by atoms with van der Waals surface area (Å²) in [6.45, 7) is 2.07. The molecule has 0 aromatic heterocycles. The molecule has 6 nitrogen and oxygen atoms in total. The predicted octanol–water partition coefficient (Wildman–Crippen LogP) is 3.74. The zero-order valence-corrected chi connectivity index (χ0v) is 16.6. The molecule has 0 saturated heterocycles. The summed E-state index contributed by atoms with van der Waals surface area (Å²) in [5.41, 5.74) is 4.13. The summed E-state index contributed by atoms with van der Waals surface area (Å²) in [6, 6.07) is 14.3. The van der Waals surface area contributed by atoms with Gasteiger partial charge in [0, 0.05) is 12.2 Å². The van der Waals surface area contributed by atoms with Gasteiger partial charge in [0.25, 0.3) is 15.9 Å². The zero-order chi connectivity index (χ0) is 21.5. The maximum Gasteiger partial charge on any atom is 0.277 e. The highest BCUT2D eigenvalue weighted by atomic mass is 32.2. The molecule has 4 rings (SSSR count). The number of halogens is 2. The van der Waals surface area contributed by atoms with Crippen LogP contribution in [-0.2, 0) is 16.6 Å². The highest BCUT2D eigenvalue weighted by molar-refractivity contribution is 7.92. The average Bonchev–Trinajstić information content (AvgIpc) is 3.12. The van der Waals surface area contributed by atoms with Crippen LogP contribution in [0.5, 0.6) is 0 Å². The van der Waals surface area contributed by atoms with E-state index in [4.69, 9.17) is 0 Å². The van der Waals surface area contributed by atoms with Crippen molar-refractivity contribution in [3.63, 3.8) is 0 Å². The Morgan fingerprint density at radius 2 is 1.73 bits per heavy atom. The first-order valence-corrected chi connectivity index (χ1v) is 10.4. The van der Waals surface area contributed by atoms with Gasteiger partial charge in [-0.25, -0.2) is 14.2 Å². The molecule has 154 valence electrons. The highest BCUT2D eigenvalue weighted by Gasteiger charge is 2.31. The minimum absolute atomic E-state index is 0.116. The van der Waals surface area contributed by atoms with Crippen LogP contribution in [0, 0.1) is 18.6 Å². The molecule has 0 fully saturated rings. The van der Waals surface area contributed by atoms with Gasteiger partial charge in [-0.05, 0) is 54.4 Å². The Balaban J connectivity index is 1.66. The van der Waals surface area contributed by atoms with E-state index in [0.29, 0.717) is 11.3 Å². The van der Waals surface area contributed by atoms with E-state index in [0.717, 1.165) is 28.2 Å². The molecule has 0 radical (unpaired) electrons. The van der Waals surface area contributed by atoms with Gasteiger partial charge in [0.2, 0.25) is 0 Å². The van der Waals surface area contributed by atoms with Crippen molar-refractivity contribution in [3.8, 4) is 0 Å². The number of hydrogen-bond donors (Lipinski definition) is 2. The van der Waals surface area contributed by atoms with E-state index in [1.54, 1.807) is 37.3 Å². The smallest absolute Gasteiger partial charge is 0.277 e. The number of sulfonamides is 1. The van der Waals surface area contributed by atoms with Gasteiger partial charge in [0.15, 0.2) is 0 Å². The van der Waals surface area contributed by atoms with E-state index in [2.05, 4.69) is 10.7 Å². The molecule has 30 heavy (non-hydrogen) atoms. The average molecular weight is 429 g/mol. The molecule has 0 saturated carbocycles. The van der Waals surface area contributed by atoms with Crippen molar-refractivity contribution in [3.05, 3.63) is 89.0 Å². The number of carbonyl (C=O) groups excluding carboxylic acids is 1. The van der Waals surface area contributed by atoms with Gasteiger partial charge in [0.1, 0.15) is 17.2 Å². The lowest BCUT2D eigenvalue weighted by Gasteiger charge is -2.20. The van der Waals surface area contributed by atoms with Gasteiger partial charge in [-0.1, -0.05) is 24.3 Å². The normalized spacial score (nSPS) is 13.2. The molecule has 0 atom stereocenters. The van der Waals surface area contributed by atoms with Gasteiger partial charge >= 0.3 is 0 Å². The third-order valence-corrected chi connectivity index (χ3v) is 6.35. The molecule has 3 aromatic carbocycles. The summed E-state index contributed by atoms with van der Waals surface area (Å²) in [5, 5.41) is 2.42. The number of rotatable bonds is 4. The van der Waals surface area contributed by atoms with Crippen LogP contribution in [0.3, 0.4) is 0 Å². The van der Waals surface area contributed by atoms with Gasteiger partial charge in [-0.15, -0.1) is 0 Å². The fourth-order valence-corrected chi connectivity index (χ4v) is 4.69. The Bertz CT molecular complexity index is 1240. The van der Waals surface area contributed by atoms with E-state index < -0.39 is 33.1 Å². The summed E-state index contributed by atoms with van der Waals surface area (Å²) >= 11 is 0. The molecule has 0 spiro atoms. The summed E-state index contributed by atoms with van der Waals surface area (Å²) < 4.78 is 54.9. The third kappa shape index (κ3) is 3.53. The number of nitrogens with zero attached hydrogens (tertiary/aromatic N) is 1. The largest absolute Gasteiger partial charge is 0.322 e. The van der Waals surface area contributed by atoms with Gasteiger partial charge < -0.3 is 5.32 Å². The molecular formula is C21H17F2N3O3S. The van der Waals surface area contributed by atoms with Crippen molar-refractivity contribution >= 4 is 27.3 Å². The second kappa shape index (κ2) is 7.51. The van der Waals surface area contributed by atoms with Crippen molar-refractivity contribution in [2.75, 3.05) is 9.73 Å². The SMILES string of the molecule is Cc1cccc(S(=O)(=O)N2NCc3ccc(NC(=O)c4c(F)cccc4F)cc32)c1. The molecule has 0 bridgehead atoms. The second-order valence-electron chi connectivity index (χ2n) is 6.82. The molecule has 1 aliphatic heterocycles. The zero-order valence-electron chi connectivity index (χ0n) is 15.8. The van der Waals surface area contributed by atoms with Crippen LogP contribution in [0.15, 0.2) is 65.6 Å². The summed E-state index contributed by atoms with van der Waals surface area (Å²) in [5.74, 6) is -2.94. The number of nitrogens with one attached hydrogen (secondary N) is 2. The maximum atomic E-state index is 13.9. The van der Waals surface area contributed by atoms with Gasteiger partial charge in [0.05, 0.1) is 10.6 Å². The van der Waals surface area contributed by atoms with Crippen LogP contribution in [0.25, 0.3) is 0 Å². The van der Waals surface area contributed by atoms with Crippen molar-refractivity contribution in [2.24, 2.45) is 0 Å². The number of hydrazine groups is 1. The van der Waals surface area contributed by atoms with Crippen LogP contribution < -0.4 is 15.2 Å². The molecule has 2 N–H and O–H groups in total. The number of hydrogen-bond acceptors (Lipinski definition) is 4. The van der Waals surface area contributed by atoms with Crippen molar-refractivity contribution in [1.82, 2.24) is 5.43 Å². The lowest BCUT2D eigenvalue weighted by atomic mass is 10.1. The van der Waals surface area contributed by atoms with Gasteiger partial charge in [-0.2, -0.15) is 12.8 Å². The Labute approximate surface area is 172 Å². The Kier molecular flexibility index (Phi) is 5.00. The van der Waals surface area contributed by atoms with E-state index in [1.807, 2.05) is 0 Å². The quantitative estimate of drug-likeness (QED) is 0.662. The van der Waals surface area contributed by atoms with Gasteiger partial charge in [-0.3, -0.25) is 4.79 Å². The molecule has 0 aliphatic carbocycles. The number of benzene rings is 3. The Morgan fingerprint density at radius 1 is 1.03 bits per heavy atom. The molecule has 1 heterocycles. The molecule has 9 heteroatoms. The molecule has 1 amide bonds. The number of carbonyl (C=O) groups is 1. The molecule has 1 aliphatic rings. The standard InChI is InChI=1S/C21H17F2N3O3S/c1-13-4-2-5-16(10-13)30(28,29)26-19-11-15(9-8-14(19)12-24-26)25-21(27)20-17(22)6-3-7-18(20)23/h2-11,24H,12H2,1H3,(H,25,27). The molecule has 0 unspecified atom stereocenters. The minimum Gasteiger partial charge on any atom is -0.322 e. The fourth-order valence-electron chi connectivity index (χ4n) is 3.23. The van der Waals surface area contributed by atoms with E-state index in [-0.39, 0.29) is 17.1 Å². The van der Waals surface area contributed by atoms with E-state index in [9.17, 15) is 22.0 Å². The first-order valence-electron chi connectivity index (χ1n) is 9.01. The van der Waals surface area contributed by atoms with Crippen molar-refractivity contribution < 1.29 is 22.0 Å².